The van der Waals surface area contributed by atoms with Crippen LogP contribution >= 0.6 is 0 Å². The molecule has 78 valence electrons. The summed E-state index contributed by atoms with van der Waals surface area (Å²) < 4.78 is 5.11. The maximum atomic E-state index is 9.77. The van der Waals surface area contributed by atoms with E-state index in [0.29, 0.717) is 0 Å². The molecule has 1 atom stereocenters. The summed E-state index contributed by atoms with van der Waals surface area (Å²) in [5.41, 5.74) is 0.934. The Morgan fingerprint density at radius 3 is 2.67 bits per heavy atom. The molecule has 1 aromatic carbocycles. The van der Waals surface area contributed by atoms with Crippen LogP contribution in [0.15, 0.2) is 54.4 Å². The highest BCUT2D eigenvalue weighted by Crippen LogP contribution is 2.21. The van der Waals surface area contributed by atoms with E-state index in [1.54, 1.807) is 30.4 Å². The van der Waals surface area contributed by atoms with Gasteiger partial charge in [-0.05, 0) is 24.3 Å². The lowest BCUT2D eigenvalue weighted by Gasteiger charge is -2.27. The van der Waals surface area contributed by atoms with Crippen molar-refractivity contribution in [2.75, 3.05) is 12.0 Å². The van der Waals surface area contributed by atoms with Crippen molar-refractivity contribution in [3.63, 3.8) is 0 Å². The number of aliphatic hydroxyl groups excluding tert-OH is 1. The fourth-order valence-electron chi connectivity index (χ4n) is 1.48. The van der Waals surface area contributed by atoms with Crippen molar-refractivity contribution in [3.8, 4) is 0 Å². The number of hydrogen-bond donors (Lipinski definition) is 1. The summed E-state index contributed by atoms with van der Waals surface area (Å²) in [5, 5.41) is 9.77. The van der Waals surface area contributed by atoms with Crippen LogP contribution in [-0.4, -0.2) is 18.4 Å². The zero-order valence-corrected chi connectivity index (χ0v) is 8.50. The van der Waals surface area contributed by atoms with E-state index in [2.05, 4.69) is 0 Å². The number of methoxy groups -OCH3 is 1. The molecule has 1 heterocycles. The lowest BCUT2D eigenvalue weighted by Crippen LogP contribution is -2.31. The lowest BCUT2D eigenvalue weighted by molar-refractivity contribution is 0.219. The van der Waals surface area contributed by atoms with Crippen LogP contribution in [0.2, 0.25) is 0 Å². The van der Waals surface area contributed by atoms with Crippen molar-refractivity contribution >= 4 is 5.69 Å². The SMILES string of the molecule is COC1=CN(c2ccccc2)C(O)C=C1. The summed E-state index contributed by atoms with van der Waals surface area (Å²) in [6, 6.07) is 9.68. The average Bonchev–Trinajstić information content (AvgIpc) is 2.31. The van der Waals surface area contributed by atoms with Gasteiger partial charge >= 0.3 is 0 Å². The predicted molar refractivity (Wildman–Crippen MR) is 59.2 cm³/mol. The van der Waals surface area contributed by atoms with Gasteiger partial charge in [-0.2, -0.15) is 0 Å². The Kier molecular flexibility index (Phi) is 2.74. The van der Waals surface area contributed by atoms with Crippen molar-refractivity contribution in [1.29, 1.82) is 0 Å². The predicted octanol–water partition coefficient (Wildman–Crippen LogP) is 1.87. The highest BCUT2D eigenvalue weighted by Gasteiger charge is 2.15. The van der Waals surface area contributed by atoms with Crippen molar-refractivity contribution in [2.45, 2.75) is 6.23 Å². The van der Waals surface area contributed by atoms with Crippen LogP contribution in [0.5, 0.6) is 0 Å². The first-order chi connectivity index (χ1) is 7.31. The number of ether oxygens (including phenoxy) is 1. The van der Waals surface area contributed by atoms with Gasteiger partial charge in [0.1, 0.15) is 5.76 Å². The first kappa shape index (κ1) is 9.80. The van der Waals surface area contributed by atoms with Gasteiger partial charge in [-0.15, -0.1) is 0 Å². The normalized spacial score (nSPS) is 20.0. The third-order valence-corrected chi connectivity index (χ3v) is 2.27. The monoisotopic (exact) mass is 203 g/mol. The van der Waals surface area contributed by atoms with Crippen LogP contribution in [0.1, 0.15) is 0 Å². The minimum absolute atomic E-state index is 0.633. The third-order valence-electron chi connectivity index (χ3n) is 2.27. The van der Waals surface area contributed by atoms with Gasteiger partial charge in [-0.25, -0.2) is 0 Å². The minimum Gasteiger partial charge on any atom is -0.495 e. The van der Waals surface area contributed by atoms with Gasteiger partial charge in [0.15, 0.2) is 6.23 Å². The maximum Gasteiger partial charge on any atom is 0.150 e. The molecule has 1 N–H and O–H groups in total. The second-order valence-corrected chi connectivity index (χ2v) is 3.25. The van der Waals surface area contributed by atoms with Gasteiger partial charge < -0.3 is 14.7 Å². The van der Waals surface area contributed by atoms with E-state index in [0.717, 1.165) is 11.4 Å². The number of nitrogens with zero attached hydrogens (tertiary/aromatic N) is 1. The molecule has 0 spiro atoms. The molecular formula is C12H13NO2. The summed E-state index contributed by atoms with van der Waals surface area (Å²) in [6.45, 7) is 0. The Morgan fingerprint density at radius 1 is 1.27 bits per heavy atom. The number of benzene rings is 1. The molecule has 1 aliphatic rings. The number of allylic oxidation sites excluding steroid dienone is 1. The molecule has 15 heavy (non-hydrogen) atoms. The fourth-order valence-corrected chi connectivity index (χ4v) is 1.48. The number of anilines is 1. The van der Waals surface area contributed by atoms with Crippen LogP contribution in [0.25, 0.3) is 0 Å². The molecule has 0 aliphatic carbocycles. The maximum absolute atomic E-state index is 9.77. The van der Waals surface area contributed by atoms with Crippen LogP contribution < -0.4 is 4.90 Å². The van der Waals surface area contributed by atoms with Crippen molar-refractivity contribution in [2.24, 2.45) is 0 Å². The van der Waals surface area contributed by atoms with Gasteiger partial charge in [-0.3, -0.25) is 0 Å². The topological polar surface area (TPSA) is 32.7 Å². The molecule has 0 bridgehead atoms. The fraction of sp³-hybridized carbons (Fsp3) is 0.167. The van der Waals surface area contributed by atoms with Crippen LogP contribution in [0, 0.1) is 0 Å². The summed E-state index contributed by atoms with van der Waals surface area (Å²) >= 11 is 0. The van der Waals surface area contributed by atoms with E-state index in [4.69, 9.17) is 4.74 Å². The molecule has 1 aromatic rings. The molecule has 0 saturated carbocycles. The Balaban J connectivity index is 2.29. The molecule has 3 heteroatoms. The zero-order valence-electron chi connectivity index (χ0n) is 8.50. The molecule has 2 rings (SSSR count). The van der Waals surface area contributed by atoms with Crippen LogP contribution in [0.3, 0.4) is 0 Å². The first-order valence-electron chi connectivity index (χ1n) is 4.77. The Hall–Kier alpha value is -1.74. The summed E-state index contributed by atoms with van der Waals surface area (Å²) in [6.07, 6.45) is 4.59. The van der Waals surface area contributed by atoms with Crippen molar-refractivity contribution < 1.29 is 9.84 Å². The van der Waals surface area contributed by atoms with E-state index in [1.165, 1.54) is 0 Å². The third kappa shape index (κ3) is 2.02. The van der Waals surface area contributed by atoms with Crippen LogP contribution in [0.4, 0.5) is 5.69 Å². The van der Waals surface area contributed by atoms with E-state index >= 15 is 0 Å². The van der Waals surface area contributed by atoms with E-state index in [-0.39, 0.29) is 0 Å². The molecule has 1 unspecified atom stereocenters. The summed E-state index contributed by atoms with van der Waals surface area (Å²) in [7, 11) is 1.61. The molecule has 0 radical (unpaired) electrons. The highest BCUT2D eigenvalue weighted by molar-refractivity contribution is 5.52. The highest BCUT2D eigenvalue weighted by atomic mass is 16.5. The molecule has 0 aromatic heterocycles. The summed E-state index contributed by atoms with van der Waals surface area (Å²) in [5.74, 6) is 0.726. The van der Waals surface area contributed by atoms with E-state index in [1.807, 2.05) is 30.3 Å². The van der Waals surface area contributed by atoms with Gasteiger partial charge in [-0.1, -0.05) is 18.2 Å². The second-order valence-electron chi connectivity index (χ2n) is 3.25. The second kappa shape index (κ2) is 4.19. The summed E-state index contributed by atoms with van der Waals surface area (Å²) in [4.78, 5) is 1.75. The van der Waals surface area contributed by atoms with Gasteiger partial charge in [0.05, 0.1) is 7.11 Å². The van der Waals surface area contributed by atoms with Crippen LogP contribution in [-0.2, 0) is 4.74 Å². The number of hydrogen-bond acceptors (Lipinski definition) is 3. The first-order valence-corrected chi connectivity index (χ1v) is 4.77. The molecule has 0 amide bonds. The van der Waals surface area contributed by atoms with E-state index in [9.17, 15) is 5.11 Å². The van der Waals surface area contributed by atoms with E-state index < -0.39 is 6.23 Å². The quantitative estimate of drug-likeness (QED) is 0.796. The molecule has 0 saturated heterocycles. The van der Waals surface area contributed by atoms with Gasteiger partial charge in [0, 0.05) is 11.9 Å². The molecular weight excluding hydrogens is 190 g/mol. The Morgan fingerprint density at radius 2 is 2.00 bits per heavy atom. The lowest BCUT2D eigenvalue weighted by atomic mass is 10.2. The number of rotatable bonds is 2. The standard InChI is InChI=1S/C12H13NO2/c1-15-11-7-8-12(14)13(9-11)10-5-3-2-4-6-10/h2-9,12,14H,1H3. The average molecular weight is 203 g/mol. The zero-order chi connectivity index (χ0) is 10.7. The van der Waals surface area contributed by atoms with Gasteiger partial charge in [0.2, 0.25) is 0 Å². The molecule has 3 nitrogen and oxygen atoms in total. The van der Waals surface area contributed by atoms with Crippen molar-refractivity contribution in [3.05, 3.63) is 54.4 Å². The Labute approximate surface area is 88.9 Å². The number of para-hydroxylation sites is 1. The largest absolute Gasteiger partial charge is 0.495 e. The molecule has 1 aliphatic heterocycles. The smallest absolute Gasteiger partial charge is 0.150 e. The number of aliphatic hydroxyl groups is 1. The minimum atomic E-state index is -0.633. The van der Waals surface area contributed by atoms with Crippen molar-refractivity contribution in [1.82, 2.24) is 0 Å². The van der Waals surface area contributed by atoms with Gasteiger partial charge in [0.25, 0.3) is 0 Å². The molecule has 0 fully saturated rings. The Bertz CT molecular complexity index is 384.